The number of nitrogens with zero attached hydrogens (tertiary/aromatic N) is 3. The Bertz CT molecular complexity index is 732. The molecule has 9 heteroatoms. The number of nitrogens with two attached hydrogens (primary N) is 1. The van der Waals surface area contributed by atoms with Gasteiger partial charge in [0.25, 0.3) is 5.91 Å². The Kier molecular flexibility index (Phi) is 5.44. The van der Waals surface area contributed by atoms with E-state index >= 15 is 0 Å². The molecular formula is C16H18F2N4O2S. The first kappa shape index (κ1) is 17.6. The van der Waals surface area contributed by atoms with Crippen molar-refractivity contribution in [2.45, 2.75) is 13.2 Å². The smallest absolute Gasteiger partial charge is 0.387 e. The molecule has 2 heterocycles. The Morgan fingerprint density at radius 2 is 2.00 bits per heavy atom. The van der Waals surface area contributed by atoms with E-state index in [1.165, 1.54) is 11.3 Å². The van der Waals surface area contributed by atoms with Gasteiger partial charge in [0.15, 0.2) is 5.13 Å². The number of alkyl halides is 2. The van der Waals surface area contributed by atoms with Gasteiger partial charge >= 0.3 is 6.61 Å². The number of thiazole rings is 1. The molecule has 1 aliphatic rings. The van der Waals surface area contributed by atoms with Gasteiger partial charge in [0.2, 0.25) is 0 Å². The number of piperazine rings is 1. The summed E-state index contributed by atoms with van der Waals surface area (Å²) in [5.41, 5.74) is 6.24. The summed E-state index contributed by atoms with van der Waals surface area (Å²) >= 11 is 1.39. The summed E-state index contributed by atoms with van der Waals surface area (Å²) in [5, 5.41) is 2.43. The number of primary amides is 1. The van der Waals surface area contributed by atoms with Crippen LogP contribution in [0.3, 0.4) is 0 Å². The number of para-hydroxylation sites is 1. The lowest BCUT2D eigenvalue weighted by Gasteiger charge is -2.34. The van der Waals surface area contributed by atoms with E-state index in [2.05, 4.69) is 19.5 Å². The predicted molar refractivity (Wildman–Crippen MR) is 91.2 cm³/mol. The number of hydrogen-bond donors (Lipinski definition) is 1. The second kappa shape index (κ2) is 7.75. The average molecular weight is 368 g/mol. The fourth-order valence-corrected chi connectivity index (χ4v) is 3.57. The fraction of sp³-hybridized carbons (Fsp3) is 0.375. The van der Waals surface area contributed by atoms with Crippen LogP contribution in [-0.4, -0.2) is 48.6 Å². The molecule has 0 unspecified atom stereocenters. The van der Waals surface area contributed by atoms with Crippen LogP contribution in [0.2, 0.25) is 0 Å². The van der Waals surface area contributed by atoms with Crippen molar-refractivity contribution in [2.24, 2.45) is 5.73 Å². The summed E-state index contributed by atoms with van der Waals surface area (Å²) in [6.45, 7) is 0.708. The van der Waals surface area contributed by atoms with Crippen LogP contribution in [0.4, 0.5) is 13.9 Å². The van der Waals surface area contributed by atoms with Crippen LogP contribution in [0.15, 0.2) is 29.6 Å². The van der Waals surface area contributed by atoms with Crippen LogP contribution in [0.25, 0.3) is 0 Å². The van der Waals surface area contributed by atoms with Gasteiger partial charge in [-0.05, 0) is 6.07 Å². The lowest BCUT2D eigenvalue weighted by Crippen LogP contribution is -2.46. The Balaban J connectivity index is 1.58. The zero-order valence-electron chi connectivity index (χ0n) is 13.4. The number of carbonyl (C=O) groups is 1. The van der Waals surface area contributed by atoms with E-state index in [0.29, 0.717) is 6.54 Å². The van der Waals surface area contributed by atoms with Crippen molar-refractivity contribution >= 4 is 22.4 Å². The fourth-order valence-electron chi connectivity index (χ4n) is 2.71. The van der Waals surface area contributed by atoms with Gasteiger partial charge in [-0.3, -0.25) is 9.69 Å². The summed E-state index contributed by atoms with van der Waals surface area (Å²) in [4.78, 5) is 19.6. The molecule has 1 aromatic heterocycles. The third-order valence-electron chi connectivity index (χ3n) is 3.97. The topological polar surface area (TPSA) is 71.7 Å². The summed E-state index contributed by atoms with van der Waals surface area (Å²) in [7, 11) is 0. The number of halogens is 2. The van der Waals surface area contributed by atoms with Crippen molar-refractivity contribution in [1.82, 2.24) is 9.88 Å². The molecule has 0 bridgehead atoms. The van der Waals surface area contributed by atoms with Gasteiger partial charge in [-0.2, -0.15) is 8.78 Å². The third-order valence-corrected chi connectivity index (χ3v) is 4.87. The molecule has 0 radical (unpaired) electrons. The van der Waals surface area contributed by atoms with Gasteiger partial charge in [0, 0.05) is 43.7 Å². The maximum absolute atomic E-state index is 12.5. The van der Waals surface area contributed by atoms with Gasteiger partial charge in [-0.15, -0.1) is 11.3 Å². The largest absolute Gasteiger partial charge is 0.434 e. The van der Waals surface area contributed by atoms with Crippen molar-refractivity contribution in [3.8, 4) is 5.75 Å². The van der Waals surface area contributed by atoms with E-state index in [4.69, 9.17) is 5.73 Å². The molecule has 0 aliphatic carbocycles. The minimum absolute atomic E-state index is 0.214. The molecule has 1 amide bonds. The highest BCUT2D eigenvalue weighted by Crippen LogP contribution is 2.25. The van der Waals surface area contributed by atoms with Gasteiger partial charge in [-0.1, -0.05) is 18.2 Å². The summed E-state index contributed by atoms with van der Waals surface area (Å²) in [5.74, 6) is -0.317. The number of aromatic nitrogens is 1. The average Bonchev–Trinajstić information content (AvgIpc) is 3.07. The molecule has 1 saturated heterocycles. The number of carbonyl (C=O) groups excluding carboxylic acids is 1. The van der Waals surface area contributed by atoms with Crippen LogP contribution >= 0.6 is 11.3 Å². The monoisotopic (exact) mass is 368 g/mol. The van der Waals surface area contributed by atoms with E-state index in [1.54, 1.807) is 23.6 Å². The second-order valence-electron chi connectivity index (χ2n) is 5.63. The Labute approximate surface area is 147 Å². The minimum Gasteiger partial charge on any atom is -0.434 e. The second-order valence-corrected chi connectivity index (χ2v) is 6.47. The van der Waals surface area contributed by atoms with Crippen molar-refractivity contribution in [3.05, 3.63) is 40.9 Å². The zero-order valence-corrected chi connectivity index (χ0v) is 14.2. The van der Waals surface area contributed by atoms with Gasteiger partial charge in [-0.25, -0.2) is 4.98 Å². The molecule has 2 N–H and O–H groups in total. The van der Waals surface area contributed by atoms with Crippen molar-refractivity contribution < 1.29 is 18.3 Å². The van der Waals surface area contributed by atoms with E-state index in [-0.39, 0.29) is 11.4 Å². The molecule has 1 fully saturated rings. The number of ether oxygens (including phenoxy) is 1. The quantitative estimate of drug-likeness (QED) is 0.846. The number of benzene rings is 1. The van der Waals surface area contributed by atoms with E-state index in [0.717, 1.165) is 36.9 Å². The Morgan fingerprint density at radius 1 is 1.28 bits per heavy atom. The van der Waals surface area contributed by atoms with Gasteiger partial charge in [0.1, 0.15) is 11.4 Å². The molecule has 0 spiro atoms. The highest BCUT2D eigenvalue weighted by molar-refractivity contribution is 7.13. The summed E-state index contributed by atoms with van der Waals surface area (Å²) in [6, 6.07) is 6.84. The summed E-state index contributed by atoms with van der Waals surface area (Å²) < 4.78 is 29.6. The van der Waals surface area contributed by atoms with Crippen LogP contribution in [0, 0.1) is 0 Å². The molecule has 134 valence electrons. The number of hydrogen-bond acceptors (Lipinski definition) is 6. The number of anilines is 1. The van der Waals surface area contributed by atoms with Gasteiger partial charge < -0.3 is 15.4 Å². The number of amides is 1. The maximum Gasteiger partial charge on any atom is 0.387 e. The SMILES string of the molecule is NC(=O)c1csc(N2CCN(Cc3ccccc3OC(F)F)CC2)n1. The van der Waals surface area contributed by atoms with Crippen molar-refractivity contribution in [2.75, 3.05) is 31.1 Å². The molecule has 1 aromatic carbocycles. The lowest BCUT2D eigenvalue weighted by molar-refractivity contribution is -0.0507. The minimum atomic E-state index is -2.83. The molecule has 2 aromatic rings. The molecule has 0 saturated carbocycles. The van der Waals surface area contributed by atoms with Crippen LogP contribution in [0.5, 0.6) is 5.75 Å². The molecule has 3 rings (SSSR count). The first-order chi connectivity index (χ1) is 12.0. The first-order valence-electron chi connectivity index (χ1n) is 7.78. The van der Waals surface area contributed by atoms with E-state index in [1.807, 2.05) is 6.07 Å². The normalized spacial score (nSPS) is 15.6. The molecule has 1 aliphatic heterocycles. The van der Waals surface area contributed by atoms with E-state index < -0.39 is 12.5 Å². The zero-order chi connectivity index (χ0) is 17.8. The Morgan fingerprint density at radius 3 is 2.64 bits per heavy atom. The van der Waals surface area contributed by atoms with Crippen LogP contribution in [0.1, 0.15) is 16.1 Å². The Hall–Kier alpha value is -2.26. The standard InChI is InChI=1S/C16H18F2N4O2S/c17-15(18)24-13-4-2-1-3-11(13)9-21-5-7-22(8-6-21)16-20-12(10-25-16)14(19)23/h1-4,10,15H,5-9H2,(H2,19,23). The number of rotatable bonds is 6. The molecule has 6 nitrogen and oxygen atoms in total. The molecule has 25 heavy (non-hydrogen) atoms. The van der Waals surface area contributed by atoms with Crippen molar-refractivity contribution in [1.29, 1.82) is 0 Å². The molecule has 0 atom stereocenters. The highest BCUT2D eigenvalue weighted by atomic mass is 32.1. The first-order valence-corrected chi connectivity index (χ1v) is 8.66. The van der Waals surface area contributed by atoms with Crippen LogP contribution < -0.4 is 15.4 Å². The van der Waals surface area contributed by atoms with E-state index in [9.17, 15) is 13.6 Å². The highest BCUT2D eigenvalue weighted by Gasteiger charge is 2.21. The predicted octanol–water partition coefficient (Wildman–Crippen LogP) is 2.17. The van der Waals surface area contributed by atoms with Crippen LogP contribution in [-0.2, 0) is 6.54 Å². The maximum atomic E-state index is 12.5. The third kappa shape index (κ3) is 4.43. The van der Waals surface area contributed by atoms with Crippen molar-refractivity contribution in [3.63, 3.8) is 0 Å². The van der Waals surface area contributed by atoms with Gasteiger partial charge in [0.05, 0.1) is 0 Å². The summed E-state index contributed by atoms with van der Waals surface area (Å²) in [6.07, 6.45) is 0. The lowest BCUT2D eigenvalue weighted by atomic mass is 10.1. The molecular weight excluding hydrogens is 350 g/mol.